The van der Waals surface area contributed by atoms with Gasteiger partial charge in [0.2, 0.25) is 0 Å². The molecular weight excluding hydrogens is 324 g/mol. The molecule has 0 bridgehead atoms. The predicted molar refractivity (Wildman–Crippen MR) is 103 cm³/mol. The van der Waals surface area contributed by atoms with E-state index in [1.807, 2.05) is 24.3 Å². The molecule has 2 heterocycles. The Kier molecular flexibility index (Phi) is 5.16. The first-order chi connectivity index (χ1) is 12.8. The molecule has 0 radical (unpaired) electrons. The lowest BCUT2D eigenvalue weighted by Gasteiger charge is -2.35. The Hall–Kier alpha value is -2.40. The first kappa shape index (κ1) is 17.0. The maximum absolute atomic E-state index is 12.5. The van der Waals surface area contributed by atoms with Crippen molar-refractivity contribution in [1.29, 1.82) is 0 Å². The summed E-state index contributed by atoms with van der Waals surface area (Å²) in [5, 5.41) is 6.70. The zero-order chi connectivity index (χ0) is 17.8. The van der Waals surface area contributed by atoms with E-state index in [9.17, 15) is 4.79 Å². The van der Waals surface area contributed by atoms with E-state index in [4.69, 9.17) is 0 Å². The van der Waals surface area contributed by atoms with Crippen LogP contribution in [0.3, 0.4) is 0 Å². The van der Waals surface area contributed by atoms with E-state index >= 15 is 0 Å². The van der Waals surface area contributed by atoms with Gasteiger partial charge in [-0.25, -0.2) is 4.98 Å². The number of benzene rings is 1. The molecule has 4 rings (SSSR count). The Balaban J connectivity index is 1.46. The van der Waals surface area contributed by atoms with Crippen LogP contribution in [0.15, 0.2) is 48.5 Å². The summed E-state index contributed by atoms with van der Waals surface area (Å²) in [7, 11) is 0. The minimum Gasteiger partial charge on any atom is -0.353 e. The summed E-state index contributed by atoms with van der Waals surface area (Å²) in [5.41, 5.74) is 1.80. The number of aromatic nitrogens is 1. The van der Waals surface area contributed by atoms with Gasteiger partial charge in [-0.15, -0.1) is 0 Å². The number of amides is 1. The number of hydrogen-bond acceptors (Lipinski definition) is 4. The summed E-state index contributed by atoms with van der Waals surface area (Å²) in [6, 6.07) is 16.8. The summed E-state index contributed by atoms with van der Waals surface area (Å²) in [6.45, 7) is 2.65. The van der Waals surface area contributed by atoms with Gasteiger partial charge in [0.25, 0.3) is 5.91 Å². The Morgan fingerprint density at radius 3 is 2.69 bits per heavy atom. The molecule has 1 saturated carbocycles. The van der Waals surface area contributed by atoms with Crippen molar-refractivity contribution >= 4 is 11.7 Å². The third kappa shape index (κ3) is 3.88. The topological polar surface area (TPSA) is 57.3 Å². The van der Waals surface area contributed by atoms with Gasteiger partial charge in [0.1, 0.15) is 11.5 Å². The van der Waals surface area contributed by atoms with E-state index < -0.39 is 0 Å². The molecule has 0 spiro atoms. The molecule has 26 heavy (non-hydrogen) atoms. The van der Waals surface area contributed by atoms with Crippen LogP contribution >= 0.6 is 0 Å². The lowest BCUT2D eigenvalue weighted by atomic mass is 10.0. The molecule has 1 aromatic heterocycles. The first-order valence-corrected chi connectivity index (χ1v) is 9.61. The maximum Gasteiger partial charge on any atom is 0.270 e. The van der Waals surface area contributed by atoms with Crippen molar-refractivity contribution in [2.75, 3.05) is 24.5 Å². The molecule has 136 valence electrons. The second-order valence-electron chi connectivity index (χ2n) is 7.20. The lowest BCUT2D eigenvalue weighted by molar-refractivity contribution is 0.0933. The van der Waals surface area contributed by atoms with E-state index in [0.717, 1.165) is 38.3 Å². The Labute approximate surface area is 154 Å². The number of nitrogens with one attached hydrogen (secondary N) is 2. The van der Waals surface area contributed by atoms with Gasteiger partial charge in [0.05, 0.1) is 0 Å². The van der Waals surface area contributed by atoms with Crippen LogP contribution in [0.25, 0.3) is 0 Å². The molecule has 5 heteroatoms. The highest BCUT2D eigenvalue weighted by Crippen LogP contribution is 2.22. The Bertz CT molecular complexity index is 743. The van der Waals surface area contributed by atoms with Crippen LogP contribution in [0.5, 0.6) is 0 Å². The second-order valence-corrected chi connectivity index (χ2v) is 7.20. The molecular formula is C21H26N4O. The standard InChI is InChI=1S/C21H26N4O/c26-21(23-17-9-4-5-10-17)18-11-6-12-20(24-18)25-14-13-22-19(15-25)16-7-2-1-3-8-16/h1-3,6-8,11-12,17,19,22H,4-5,9-10,13-15H2,(H,23,26)/t19-/m1/s1. The highest BCUT2D eigenvalue weighted by Gasteiger charge is 2.23. The number of carbonyl (C=O) groups is 1. The minimum atomic E-state index is -0.0477. The lowest BCUT2D eigenvalue weighted by Crippen LogP contribution is -2.46. The van der Waals surface area contributed by atoms with Gasteiger partial charge in [-0.05, 0) is 30.5 Å². The van der Waals surface area contributed by atoms with Crippen molar-refractivity contribution in [3.63, 3.8) is 0 Å². The van der Waals surface area contributed by atoms with Crippen LogP contribution < -0.4 is 15.5 Å². The van der Waals surface area contributed by atoms with Crippen LogP contribution in [0.4, 0.5) is 5.82 Å². The van der Waals surface area contributed by atoms with E-state index in [1.54, 1.807) is 0 Å². The number of hydrogen-bond donors (Lipinski definition) is 2. The summed E-state index contributed by atoms with van der Waals surface area (Å²) < 4.78 is 0. The first-order valence-electron chi connectivity index (χ1n) is 9.61. The van der Waals surface area contributed by atoms with Crippen molar-refractivity contribution in [2.24, 2.45) is 0 Å². The number of nitrogens with zero attached hydrogens (tertiary/aromatic N) is 2. The summed E-state index contributed by atoms with van der Waals surface area (Å²) in [5.74, 6) is 0.833. The average molecular weight is 350 g/mol. The molecule has 2 fully saturated rings. The highest BCUT2D eigenvalue weighted by molar-refractivity contribution is 5.92. The van der Waals surface area contributed by atoms with Crippen LogP contribution in [0.2, 0.25) is 0 Å². The van der Waals surface area contributed by atoms with Crippen molar-refractivity contribution in [3.05, 3.63) is 59.8 Å². The number of carbonyl (C=O) groups excluding carboxylic acids is 1. The third-order valence-corrected chi connectivity index (χ3v) is 5.36. The van der Waals surface area contributed by atoms with Crippen molar-refractivity contribution in [3.8, 4) is 0 Å². The fourth-order valence-electron chi connectivity index (χ4n) is 3.92. The quantitative estimate of drug-likeness (QED) is 0.890. The predicted octanol–water partition coefficient (Wildman–Crippen LogP) is 2.90. The number of rotatable bonds is 4. The van der Waals surface area contributed by atoms with E-state index in [0.29, 0.717) is 11.7 Å². The van der Waals surface area contributed by atoms with Crippen LogP contribution in [-0.4, -0.2) is 36.6 Å². The molecule has 1 atom stereocenters. The fraction of sp³-hybridized carbons (Fsp3) is 0.429. The van der Waals surface area contributed by atoms with Gasteiger partial charge in [0, 0.05) is 31.7 Å². The van der Waals surface area contributed by atoms with Crippen LogP contribution in [0, 0.1) is 0 Å². The van der Waals surface area contributed by atoms with Gasteiger partial charge >= 0.3 is 0 Å². The second kappa shape index (κ2) is 7.87. The molecule has 2 aromatic rings. The van der Waals surface area contributed by atoms with Crippen LogP contribution in [-0.2, 0) is 0 Å². The van der Waals surface area contributed by atoms with Gasteiger partial charge in [0.15, 0.2) is 0 Å². The monoisotopic (exact) mass is 350 g/mol. The molecule has 1 saturated heterocycles. The average Bonchev–Trinajstić information content (AvgIpc) is 3.22. The molecule has 1 amide bonds. The molecule has 2 N–H and O–H groups in total. The molecule has 0 unspecified atom stereocenters. The van der Waals surface area contributed by atoms with Crippen molar-refractivity contribution in [1.82, 2.24) is 15.6 Å². The summed E-state index contributed by atoms with van der Waals surface area (Å²) >= 11 is 0. The Morgan fingerprint density at radius 2 is 1.88 bits per heavy atom. The number of piperazine rings is 1. The molecule has 5 nitrogen and oxygen atoms in total. The Morgan fingerprint density at radius 1 is 1.08 bits per heavy atom. The summed E-state index contributed by atoms with van der Waals surface area (Å²) in [6.07, 6.45) is 4.59. The zero-order valence-corrected chi connectivity index (χ0v) is 15.0. The van der Waals surface area contributed by atoms with E-state index in [1.165, 1.54) is 18.4 Å². The van der Waals surface area contributed by atoms with E-state index in [2.05, 4.69) is 44.8 Å². The zero-order valence-electron chi connectivity index (χ0n) is 15.0. The van der Waals surface area contributed by atoms with Crippen molar-refractivity contribution < 1.29 is 4.79 Å². The maximum atomic E-state index is 12.5. The smallest absolute Gasteiger partial charge is 0.270 e. The normalized spacial score (nSPS) is 20.9. The SMILES string of the molecule is O=C(NC1CCCC1)c1cccc(N2CCN[C@@H](c3ccccc3)C2)n1. The van der Waals surface area contributed by atoms with Gasteiger partial charge in [-0.1, -0.05) is 49.2 Å². The molecule has 1 aliphatic carbocycles. The largest absolute Gasteiger partial charge is 0.353 e. The number of anilines is 1. The van der Waals surface area contributed by atoms with Gasteiger partial charge in [-0.2, -0.15) is 0 Å². The molecule has 1 aromatic carbocycles. The van der Waals surface area contributed by atoms with E-state index in [-0.39, 0.29) is 11.9 Å². The van der Waals surface area contributed by atoms with Crippen LogP contribution in [0.1, 0.15) is 47.8 Å². The fourth-order valence-corrected chi connectivity index (χ4v) is 3.92. The van der Waals surface area contributed by atoms with Crippen molar-refractivity contribution in [2.45, 2.75) is 37.8 Å². The van der Waals surface area contributed by atoms with Gasteiger partial charge in [-0.3, -0.25) is 4.79 Å². The molecule has 2 aliphatic rings. The number of pyridine rings is 1. The summed E-state index contributed by atoms with van der Waals surface area (Å²) in [4.78, 5) is 19.4. The van der Waals surface area contributed by atoms with Gasteiger partial charge < -0.3 is 15.5 Å². The molecule has 1 aliphatic heterocycles. The highest BCUT2D eigenvalue weighted by atomic mass is 16.1. The minimum absolute atomic E-state index is 0.0477. The third-order valence-electron chi connectivity index (χ3n) is 5.36.